The van der Waals surface area contributed by atoms with Gasteiger partial charge in [0.2, 0.25) is 5.89 Å². The molecule has 0 aliphatic rings. The van der Waals surface area contributed by atoms with Crippen LogP contribution in [0.5, 0.6) is 11.5 Å². The number of halogens is 3. The molecule has 0 saturated heterocycles. The molecule has 8 nitrogen and oxygen atoms in total. The number of hydrogen-bond donors (Lipinski definition) is 1. The largest absolute Gasteiger partial charge is 0.453 e. The van der Waals surface area contributed by atoms with E-state index in [0.29, 0.717) is 24.2 Å². The summed E-state index contributed by atoms with van der Waals surface area (Å²) >= 11 is 12.2. The summed E-state index contributed by atoms with van der Waals surface area (Å²) in [5, 5.41) is 32.3. The van der Waals surface area contributed by atoms with Gasteiger partial charge in [-0.05, 0) is 58.4 Å². The van der Waals surface area contributed by atoms with Crippen LogP contribution in [0.1, 0.15) is 48.7 Å². The van der Waals surface area contributed by atoms with E-state index in [1.165, 1.54) is 30.3 Å². The number of aromatic nitrogens is 4. The first-order chi connectivity index (χ1) is 17.4. The molecule has 0 atom stereocenters. The molecule has 0 unspecified atom stereocenters. The lowest BCUT2D eigenvalue weighted by Gasteiger charge is -2.17. The standard InChI is InChI=1S/C26H24Cl2FN5O3/c1-14-22(15(2)34(33-14)8-7-26(3,4)35)25-32-31-21(37-25)11-17-5-6-20(28)24(23(17)29)36-19-10-16(13-30)9-18(27)12-19/h5-6,9-10,12,35H,7-8,11H2,1-4H3. The fourth-order valence-corrected chi connectivity index (χ4v) is 4.21. The summed E-state index contributed by atoms with van der Waals surface area (Å²) in [5.41, 5.74) is 1.90. The van der Waals surface area contributed by atoms with Crippen LogP contribution >= 0.6 is 23.2 Å². The Balaban J connectivity index is 1.58. The Bertz CT molecular complexity index is 1500. The van der Waals surface area contributed by atoms with Crippen molar-refractivity contribution in [3.05, 3.63) is 74.6 Å². The van der Waals surface area contributed by atoms with E-state index in [1.54, 1.807) is 18.5 Å². The van der Waals surface area contributed by atoms with Crippen LogP contribution in [0.3, 0.4) is 0 Å². The maximum absolute atomic E-state index is 15.4. The first kappa shape index (κ1) is 26.6. The molecule has 4 rings (SSSR count). The zero-order chi connectivity index (χ0) is 26.9. The van der Waals surface area contributed by atoms with Crippen LogP contribution in [0.4, 0.5) is 4.39 Å². The van der Waals surface area contributed by atoms with Crippen LogP contribution < -0.4 is 4.74 Å². The molecular formula is C26H24Cl2FN5O3. The Hall–Kier alpha value is -3.45. The van der Waals surface area contributed by atoms with Gasteiger partial charge in [0.1, 0.15) is 5.75 Å². The Morgan fingerprint density at radius 2 is 1.95 bits per heavy atom. The minimum absolute atomic E-state index is 0.00368. The summed E-state index contributed by atoms with van der Waals surface area (Å²) < 4.78 is 28.7. The lowest BCUT2D eigenvalue weighted by atomic mass is 10.1. The van der Waals surface area contributed by atoms with Gasteiger partial charge < -0.3 is 14.3 Å². The summed E-state index contributed by atoms with van der Waals surface area (Å²) in [7, 11) is 0. The highest BCUT2D eigenvalue weighted by Crippen LogP contribution is 2.36. The molecule has 0 fully saturated rings. The number of ether oxygens (including phenoxy) is 1. The minimum Gasteiger partial charge on any atom is -0.453 e. The first-order valence-corrected chi connectivity index (χ1v) is 12.2. The average molecular weight is 544 g/mol. The van der Waals surface area contributed by atoms with Crippen molar-refractivity contribution in [3.8, 4) is 29.0 Å². The van der Waals surface area contributed by atoms with E-state index in [0.717, 1.165) is 5.69 Å². The fraction of sp³-hybridized carbons (Fsp3) is 0.308. The number of nitrogens with zero attached hydrogens (tertiary/aromatic N) is 5. The second kappa shape index (κ2) is 10.5. The van der Waals surface area contributed by atoms with Gasteiger partial charge in [-0.15, -0.1) is 10.2 Å². The molecule has 0 saturated carbocycles. The van der Waals surface area contributed by atoms with Crippen molar-refractivity contribution in [3.63, 3.8) is 0 Å². The van der Waals surface area contributed by atoms with Crippen molar-refractivity contribution in [2.75, 3.05) is 0 Å². The van der Waals surface area contributed by atoms with E-state index in [1.807, 2.05) is 19.9 Å². The molecule has 2 aromatic carbocycles. The van der Waals surface area contributed by atoms with Crippen LogP contribution in [-0.2, 0) is 13.0 Å². The Morgan fingerprint density at radius 3 is 2.65 bits per heavy atom. The molecule has 0 aliphatic heterocycles. The maximum Gasteiger partial charge on any atom is 0.251 e. The molecule has 0 amide bonds. The highest BCUT2D eigenvalue weighted by Gasteiger charge is 2.22. The van der Waals surface area contributed by atoms with Crippen molar-refractivity contribution in [2.45, 2.75) is 52.7 Å². The molecule has 4 aromatic rings. The van der Waals surface area contributed by atoms with Gasteiger partial charge in [0.05, 0.1) is 39.9 Å². The molecule has 2 heterocycles. The van der Waals surface area contributed by atoms with E-state index >= 15 is 4.39 Å². The molecule has 0 radical (unpaired) electrons. The lowest BCUT2D eigenvalue weighted by Crippen LogP contribution is -2.21. The van der Waals surface area contributed by atoms with Gasteiger partial charge in [0, 0.05) is 22.8 Å². The van der Waals surface area contributed by atoms with Gasteiger partial charge in [-0.2, -0.15) is 10.4 Å². The van der Waals surface area contributed by atoms with E-state index in [9.17, 15) is 5.11 Å². The maximum atomic E-state index is 15.4. The van der Waals surface area contributed by atoms with Crippen LogP contribution in [0.25, 0.3) is 11.5 Å². The third kappa shape index (κ3) is 6.10. The van der Waals surface area contributed by atoms with Gasteiger partial charge in [0.15, 0.2) is 11.6 Å². The van der Waals surface area contributed by atoms with Gasteiger partial charge in [-0.25, -0.2) is 4.39 Å². The molecule has 192 valence electrons. The Labute approximate surface area is 223 Å². The number of hydrogen-bond acceptors (Lipinski definition) is 7. The van der Waals surface area contributed by atoms with E-state index < -0.39 is 11.4 Å². The number of aryl methyl sites for hydroxylation is 2. The number of rotatable bonds is 8. The van der Waals surface area contributed by atoms with Crippen LogP contribution in [0.2, 0.25) is 10.0 Å². The normalized spacial score (nSPS) is 11.5. The monoisotopic (exact) mass is 543 g/mol. The first-order valence-electron chi connectivity index (χ1n) is 11.4. The van der Waals surface area contributed by atoms with Crippen molar-refractivity contribution in [1.29, 1.82) is 5.26 Å². The van der Waals surface area contributed by atoms with Gasteiger partial charge in [-0.3, -0.25) is 4.68 Å². The van der Waals surface area contributed by atoms with E-state index in [-0.39, 0.29) is 50.9 Å². The summed E-state index contributed by atoms with van der Waals surface area (Å²) in [6.45, 7) is 7.74. The number of benzene rings is 2. The topological polar surface area (TPSA) is 110 Å². The van der Waals surface area contributed by atoms with Gasteiger partial charge in [-0.1, -0.05) is 29.3 Å². The molecule has 1 N–H and O–H groups in total. The second-order valence-corrected chi connectivity index (χ2v) is 10.1. The smallest absolute Gasteiger partial charge is 0.251 e. The third-order valence-corrected chi connectivity index (χ3v) is 6.20. The number of aliphatic hydroxyl groups is 1. The van der Waals surface area contributed by atoms with Crippen molar-refractivity contribution < 1.29 is 18.7 Å². The summed E-state index contributed by atoms with van der Waals surface area (Å²) in [4.78, 5) is 0. The van der Waals surface area contributed by atoms with Gasteiger partial charge >= 0.3 is 0 Å². The summed E-state index contributed by atoms with van der Waals surface area (Å²) in [6, 6.07) is 9.35. The van der Waals surface area contributed by atoms with Crippen molar-refractivity contribution >= 4 is 23.2 Å². The Kier molecular flexibility index (Phi) is 7.55. The summed E-state index contributed by atoms with van der Waals surface area (Å²) in [5.74, 6) is -0.259. The van der Waals surface area contributed by atoms with Crippen LogP contribution in [0, 0.1) is 31.0 Å². The van der Waals surface area contributed by atoms with Gasteiger partial charge in [0.25, 0.3) is 5.89 Å². The average Bonchev–Trinajstić information content (AvgIpc) is 3.39. The Morgan fingerprint density at radius 1 is 1.19 bits per heavy atom. The molecule has 37 heavy (non-hydrogen) atoms. The minimum atomic E-state index is -0.819. The molecular weight excluding hydrogens is 520 g/mol. The van der Waals surface area contributed by atoms with Crippen LogP contribution in [0.15, 0.2) is 34.7 Å². The zero-order valence-electron chi connectivity index (χ0n) is 20.6. The molecule has 0 bridgehead atoms. The molecule has 2 aromatic heterocycles. The summed E-state index contributed by atoms with van der Waals surface area (Å²) in [6.07, 6.45) is 0.521. The lowest BCUT2D eigenvalue weighted by molar-refractivity contribution is 0.0649. The second-order valence-electron chi connectivity index (χ2n) is 9.25. The third-order valence-electron chi connectivity index (χ3n) is 5.69. The predicted molar refractivity (Wildman–Crippen MR) is 136 cm³/mol. The van der Waals surface area contributed by atoms with Crippen LogP contribution in [-0.4, -0.2) is 30.7 Å². The highest BCUT2D eigenvalue weighted by atomic mass is 35.5. The molecule has 0 spiro atoms. The van der Waals surface area contributed by atoms with E-state index in [2.05, 4.69) is 15.3 Å². The van der Waals surface area contributed by atoms with Crippen molar-refractivity contribution in [1.82, 2.24) is 20.0 Å². The highest BCUT2D eigenvalue weighted by molar-refractivity contribution is 6.32. The predicted octanol–water partition coefficient (Wildman–Crippen LogP) is 6.41. The fourth-order valence-electron chi connectivity index (χ4n) is 3.80. The number of nitriles is 1. The molecule has 0 aliphatic carbocycles. The SMILES string of the molecule is Cc1nn(CCC(C)(C)O)c(C)c1-c1nnc(Cc2ccc(Cl)c(Oc3cc(Cl)cc(C#N)c3)c2F)o1. The van der Waals surface area contributed by atoms with Crippen molar-refractivity contribution in [2.24, 2.45) is 0 Å². The molecule has 11 heteroatoms. The quantitative estimate of drug-likeness (QED) is 0.273. The zero-order valence-corrected chi connectivity index (χ0v) is 22.2. The van der Waals surface area contributed by atoms with E-state index in [4.69, 9.17) is 37.6 Å².